The zero-order chi connectivity index (χ0) is 10.7. The Bertz CT molecular complexity index is 322. The van der Waals surface area contributed by atoms with Gasteiger partial charge in [-0.15, -0.1) is 0 Å². The molecule has 0 aliphatic heterocycles. The second-order valence-corrected chi connectivity index (χ2v) is 3.28. The molecule has 0 amide bonds. The third-order valence-electron chi connectivity index (χ3n) is 2.36. The number of aromatic nitrogens is 1. The van der Waals surface area contributed by atoms with E-state index < -0.39 is 12.0 Å². The van der Waals surface area contributed by atoms with Crippen molar-refractivity contribution in [2.45, 2.75) is 26.3 Å². The van der Waals surface area contributed by atoms with E-state index in [4.69, 9.17) is 15.3 Å². The number of carboxylic acid groups (broad SMARTS) is 1. The van der Waals surface area contributed by atoms with Gasteiger partial charge in [0, 0.05) is 0 Å². The van der Waals surface area contributed by atoms with E-state index in [1.165, 1.54) is 0 Å². The number of nitrogens with two attached hydrogens (primary N) is 1. The van der Waals surface area contributed by atoms with Crippen molar-refractivity contribution < 1.29 is 14.3 Å². The summed E-state index contributed by atoms with van der Waals surface area (Å²) in [5.74, 6) is -0.680. The number of oxazole rings is 1. The van der Waals surface area contributed by atoms with Crippen LogP contribution in [0.4, 0.5) is 0 Å². The molecule has 0 fully saturated rings. The van der Waals surface area contributed by atoms with Crippen molar-refractivity contribution in [1.82, 2.24) is 4.98 Å². The van der Waals surface area contributed by atoms with Crippen LogP contribution in [-0.4, -0.2) is 16.1 Å². The third kappa shape index (κ3) is 1.93. The van der Waals surface area contributed by atoms with Gasteiger partial charge >= 0.3 is 5.97 Å². The first-order valence-electron chi connectivity index (χ1n) is 4.50. The van der Waals surface area contributed by atoms with E-state index in [0.29, 0.717) is 0 Å². The van der Waals surface area contributed by atoms with Gasteiger partial charge in [0.1, 0.15) is 0 Å². The third-order valence-corrected chi connectivity index (χ3v) is 2.36. The van der Waals surface area contributed by atoms with Crippen LogP contribution in [0.3, 0.4) is 0 Å². The van der Waals surface area contributed by atoms with Gasteiger partial charge < -0.3 is 15.3 Å². The van der Waals surface area contributed by atoms with Crippen LogP contribution in [0.2, 0.25) is 0 Å². The number of rotatable bonds is 4. The fourth-order valence-corrected chi connectivity index (χ4v) is 1.16. The van der Waals surface area contributed by atoms with Crippen molar-refractivity contribution in [2.75, 3.05) is 0 Å². The number of hydrogen-bond donors (Lipinski definition) is 2. The molecule has 2 unspecified atom stereocenters. The topological polar surface area (TPSA) is 89.4 Å². The zero-order valence-corrected chi connectivity index (χ0v) is 8.23. The molecule has 0 aliphatic rings. The van der Waals surface area contributed by atoms with Gasteiger partial charge in [0.05, 0.1) is 6.04 Å². The molecule has 0 radical (unpaired) electrons. The minimum Gasteiger partial charge on any atom is -0.476 e. The molecular weight excluding hydrogens is 184 g/mol. The molecule has 0 aromatic carbocycles. The summed E-state index contributed by atoms with van der Waals surface area (Å²) in [4.78, 5) is 14.3. The van der Waals surface area contributed by atoms with Crippen LogP contribution in [0, 0.1) is 5.92 Å². The fraction of sp³-hybridized carbons (Fsp3) is 0.556. The molecule has 1 aromatic heterocycles. The molecule has 78 valence electrons. The van der Waals surface area contributed by atoms with Crippen molar-refractivity contribution in [1.29, 1.82) is 0 Å². The molecule has 1 heterocycles. The van der Waals surface area contributed by atoms with Crippen LogP contribution >= 0.6 is 0 Å². The van der Waals surface area contributed by atoms with Gasteiger partial charge in [-0.3, -0.25) is 0 Å². The Morgan fingerprint density at radius 1 is 1.79 bits per heavy atom. The Labute approximate surface area is 81.9 Å². The van der Waals surface area contributed by atoms with Crippen molar-refractivity contribution in [2.24, 2.45) is 11.7 Å². The van der Waals surface area contributed by atoms with Crippen LogP contribution in [0.5, 0.6) is 0 Å². The van der Waals surface area contributed by atoms with Crippen LogP contribution in [0.15, 0.2) is 10.8 Å². The normalized spacial score (nSPS) is 15.1. The van der Waals surface area contributed by atoms with Gasteiger partial charge in [0.2, 0.25) is 0 Å². The minimum absolute atomic E-state index is 0.0854. The monoisotopic (exact) mass is 198 g/mol. The largest absolute Gasteiger partial charge is 0.476 e. The van der Waals surface area contributed by atoms with Crippen molar-refractivity contribution >= 4 is 5.97 Å². The minimum atomic E-state index is -1.10. The molecule has 5 nitrogen and oxygen atoms in total. The summed E-state index contributed by atoms with van der Waals surface area (Å²) < 4.78 is 4.99. The van der Waals surface area contributed by atoms with Gasteiger partial charge in [-0.2, -0.15) is 0 Å². The molecule has 5 heteroatoms. The molecule has 0 spiro atoms. The lowest BCUT2D eigenvalue weighted by atomic mass is 9.97. The highest BCUT2D eigenvalue weighted by Gasteiger charge is 2.24. The lowest BCUT2D eigenvalue weighted by Gasteiger charge is -2.15. The Morgan fingerprint density at radius 3 is 2.93 bits per heavy atom. The number of carboxylic acids is 1. The molecule has 3 N–H and O–H groups in total. The molecule has 14 heavy (non-hydrogen) atoms. The highest BCUT2D eigenvalue weighted by atomic mass is 16.4. The average Bonchev–Trinajstić information content (AvgIpc) is 2.63. The van der Waals surface area contributed by atoms with E-state index in [1.54, 1.807) is 0 Å². The smallest absolute Gasteiger partial charge is 0.358 e. The van der Waals surface area contributed by atoms with Crippen molar-refractivity contribution in [3.63, 3.8) is 0 Å². The summed E-state index contributed by atoms with van der Waals surface area (Å²) in [6, 6.07) is -0.409. The average molecular weight is 198 g/mol. The quantitative estimate of drug-likeness (QED) is 0.763. The molecule has 1 rings (SSSR count). The first-order chi connectivity index (χ1) is 6.57. The number of aromatic carboxylic acids is 1. The lowest BCUT2D eigenvalue weighted by Crippen LogP contribution is -2.20. The summed E-state index contributed by atoms with van der Waals surface area (Å²) in [6.45, 7) is 3.93. The van der Waals surface area contributed by atoms with Gasteiger partial charge in [-0.1, -0.05) is 20.3 Å². The first-order valence-corrected chi connectivity index (χ1v) is 4.50. The standard InChI is InChI=1S/C9H14N2O3/c1-3-5(2)6(10)8-7(9(12)13)11-4-14-8/h4-6H,3,10H2,1-2H3,(H,12,13). The fourth-order valence-electron chi connectivity index (χ4n) is 1.16. The maximum absolute atomic E-state index is 10.7. The van der Waals surface area contributed by atoms with Crippen molar-refractivity contribution in [3.8, 4) is 0 Å². The highest BCUT2D eigenvalue weighted by Crippen LogP contribution is 2.24. The Balaban J connectivity index is 2.94. The number of hydrogen-bond acceptors (Lipinski definition) is 4. The zero-order valence-electron chi connectivity index (χ0n) is 8.23. The van der Waals surface area contributed by atoms with Crippen LogP contribution in [0.1, 0.15) is 42.6 Å². The predicted octanol–water partition coefficient (Wildman–Crippen LogP) is 1.42. The molecule has 2 atom stereocenters. The number of carbonyl (C=O) groups is 1. The van der Waals surface area contributed by atoms with Crippen LogP contribution in [-0.2, 0) is 0 Å². The van der Waals surface area contributed by atoms with Crippen molar-refractivity contribution in [3.05, 3.63) is 17.8 Å². The van der Waals surface area contributed by atoms with E-state index in [9.17, 15) is 4.79 Å². The number of nitrogens with zero attached hydrogens (tertiary/aromatic N) is 1. The summed E-state index contributed by atoms with van der Waals surface area (Å²) in [7, 11) is 0. The maximum Gasteiger partial charge on any atom is 0.358 e. The predicted molar refractivity (Wildman–Crippen MR) is 49.8 cm³/mol. The second-order valence-electron chi connectivity index (χ2n) is 3.28. The van der Waals surface area contributed by atoms with E-state index in [0.717, 1.165) is 12.8 Å². The molecule has 1 aromatic rings. The van der Waals surface area contributed by atoms with Gasteiger partial charge in [0.25, 0.3) is 0 Å². The highest BCUT2D eigenvalue weighted by molar-refractivity contribution is 5.86. The first kappa shape index (κ1) is 10.7. The van der Waals surface area contributed by atoms with E-state index in [1.807, 2.05) is 13.8 Å². The summed E-state index contributed by atoms with van der Waals surface area (Å²) in [5.41, 5.74) is 5.75. The van der Waals surface area contributed by atoms with Crippen LogP contribution < -0.4 is 5.73 Å². The van der Waals surface area contributed by atoms with Gasteiger partial charge in [-0.25, -0.2) is 9.78 Å². The molecule has 0 saturated heterocycles. The summed E-state index contributed by atoms with van der Waals surface area (Å²) in [5, 5.41) is 8.78. The lowest BCUT2D eigenvalue weighted by molar-refractivity contribution is 0.0687. The van der Waals surface area contributed by atoms with Gasteiger partial charge in [0.15, 0.2) is 17.8 Å². The summed E-state index contributed by atoms with van der Waals surface area (Å²) in [6.07, 6.45) is 1.97. The van der Waals surface area contributed by atoms with Crippen LogP contribution in [0.25, 0.3) is 0 Å². The SMILES string of the molecule is CCC(C)C(N)c1ocnc1C(=O)O. The van der Waals surface area contributed by atoms with E-state index >= 15 is 0 Å². The molecule has 0 aliphatic carbocycles. The Morgan fingerprint density at radius 2 is 2.43 bits per heavy atom. The summed E-state index contributed by atoms with van der Waals surface area (Å²) >= 11 is 0. The Kier molecular flexibility index (Phi) is 3.24. The molecule has 0 saturated carbocycles. The maximum atomic E-state index is 10.7. The van der Waals surface area contributed by atoms with E-state index in [2.05, 4.69) is 4.98 Å². The van der Waals surface area contributed by atoms with E-state index in [-0.39, 0.29) is 17.4 Å². The van der Waals surface area contributed by atoms with Gasteiger partial charge in [-0.05, 0) is 5.92 Å². The Hall–Kier alpha value is -1.36. The molecule has 0 bridgehead atoms. The second kappa shape index (κ2) is 4.23. The molecular formula is C9H14N2O3.